The summed E-state index contributed by atoms with van der Waals surface area (Å²) in [6.45, 7) is 6.49. The summed E-state index contributed by atoms with van der Waals surface area (Å²) < 4.78 is 0. The highest BCUT2D eigenvalue weighted by atomic mass is 32.1. The van der Waals surface area contributed by atoms with E-state index >= 15 is 0 Å². The highest BCUT2D eigenvalue weighted by Crippen LogP contribution is 2.26. The Kier molecular flexibility index (Phi) is 3.64. The average Bonchev–Trinajstić information content (AvgIpc) is 2.13. The van der Waals surface area contributed by atoms with Gasteiger partial charge in [0.2, 0.25) is 0 Å². The number of aliphatic hydroxyl groups is 1. The third-order valence-corrected chi connectivity index (χ3v) is 2.31. The summed E-state index contributed by atoms with van der Waals surface area (Å²) in [5.74, 6) is 0. The maximum Gasteiger partial charge on any atom is 0.181 e. The molecule has 0 aliphatic rings. The van der Waals surface area contributed by atoms with Crippen molar-refractivity contribution < 1.29 is 5.11 Å². The predicted octanol–water partition coefficient (Wildman–Crippen LogP) is 3.88. The molecule has 0 amide bonds. The second kappa shape index (κ2) is 4.58. The topological polar surface area (TPSA) is 20.2 Å². The SMILES string of the molecule is CC(C)(C)c1ccccc1C=CC(O)=S. The normalized spacial score (nSPS) is 11.9. The van der Waals surface area contributed by atoms with Crippen LogP contribution < -0.4 is 0 Å². The van der Waals surface area contributed by atoms with E-state index in [4.69, 9.17) is 5.11 Å². The van der Waals surface area contributed by atoms with Crippen LogP contribution >= 0.6 is 12.2 Å². The molecule has 1 rings (SSSR count). The lowest BCUT2D eigenvalue weighted by Crippen LogP contribution is -2.12. The maximum atomic E-state index is 8.95. The molecule has 0 atom stereocenters. The van der Waals surface area contributed by atoms with Crippen molar-refractivity contribution >= 4 is 23.3 Å². The van der Waals surface area contributed by atoms with Crippen LogP contribution in [-0.4, -0.2) is 10.2 Å². The van der Waals surface area contributed by atoms with Crippen LogP contribution in [0.1, 0.15) is 31.9 Å². The van der Waals surface area contributed by atoms with Crippen molar-refractivity contribution in [1.82, 2.24) is 0 Å². The molecular formula is C13H16OS. The Hall–Kier alpha value is -1.15. The largest absolute Gasteiger partial charge is 0.499 e. The molecule has 0 radical (unpaired) electrons. The first-order chi connectivity index (χ1) is 6.91. The zero-order valence-corrected chi connectivity index (χ0v) is 10.1. The summed E-state index contributed by atoms with van der Waals surface area (Å²) in [5, 5.41) is 8.87. The van der Waals surface area contributed by atoms with E-state index < -0.39 is 0 Å². The second-order valence-electron chi connectivity index (χ2n) is 4.51. The highest BCUT2D eigenvalue weighted by molar-refractivity contribution is 7.80. The lowest BCUT2D eigenvalue weighted by Gasteiger charge is -2.21. The first-order valence-corrected chi connectivity index (χ1v) is 5.32. The monoisotopic (exact) mass is 220 g/mol. The van der Waals surface area contributed by atoms with E-state index in [2.05, 4.69) is 39.1 Å². The van der Waals surface area contributed by atoms with E-state index in [1.165, 1.54) is 5.56 Å². The number of aliphatic hydroxyl groups excluding tert-OH is 1. The standard InChI is InChI=1S/C13H16OS/c1-13(2,3)11-7-5-4-6-10(11)8-9-12(14)15/h4-9H,1-3H3,(H,14,15). The van der Waals surface area contributed by atoms with Crippen LogP contribution in [0.25, 0.3) is 6.08 Å². The van der Waals surface area contributed by atoms with Gasteiger partial charge in [-0.2, -0.15) is 0 Å². The minimum Gasteiger partial charge on any atom is -0.499 e. The van der Waals surface area contributed by atoms with E-state index in [0.717, 1.165) is 5.56 Å². The van der Waals surface area contributed by atoms with Gasteiger partial charge in [0.15, 0.2) is 5.05 Å². The fraction of sp³-hybridized carbons (Fsp3) is 0.308. The van der Waals surface area contributed by atoms with E-state index in [-0.39, 0.29) is 10.5 Å². The van der Waals surface area contributed by atoms with Crippen LogP contribution in [0, 0.1) is 0 Å². The van der Waals surface area contributed by atoms with Crippen LogP contribution in [0.4, 0.5) is 0 Å². The fourth-order valence-corrected chi connectivity index (χ4v) is 1.55. The van der Waals surface area contributed by atoms with Crippen molar-refractivity contribution in [2.24, 2.45) is 0 Å². The number of hydrogen-bond acceptors (Lipinski definition) is 1. The molecular weight excluding hydrogens is 204 g/mol. The summed E-state index contributed by atoms with van der Waals surface area (Å²) in [5.41, 5.74) is 2.44. The van der Waals surface area contributed by atoms with Gasteiger partial charge in [0, 0.05) is 0 Å². The van der Waals surface area contributed by atoms with Gasteiger partial charge < -0.3 is 5.11 Å². The molecule has 0 spiro atoms. The average molecular weight is 220 g/mol. The molecule has 0 saturated carbocycles. The Morgan fingerprint density at radius 3 is 2.40 bits per heavy atom. The summed E-state index contributed by atoms with van der Waals surface area (Å²) in [7, 11) is 0. The maximum absolute atomic E-state index is 8.95. The molecule has 0 bridgehead atoms. The third-order valence-electron chi connectivity index (χ3n) is 2.17. The van der Waals surface area contributed by atoms with Crippen molar-refractivity contribution in [3.8, 4) is 0 Å². The predicted molar refractivity (Wildman–Crippen MR) is 69.4 cm³/mol. The van der Waals surface area contributed by atoms with E-state index in [0.29, 0.717) is 0 Å². The van der Waals surface area contributed by atoms with E-state index in [1.54, 1.807) is 6.08 Å². The molecule has 1 aromatic rings. The van der Waals surface area contributed by atoms with Crippen molar-refractivity contribution in [3.63, 3.8) is 0 Å². The van der Waals surface area contributed by atoms with Crippen molar-refractivity contribution in [3.05, 3.63) is 41.5 Å². The molecule has 0 aliphatic carbocycles. The van der Waals surface area contributed by atoms with E-state index in [1.807, 2.05) is 24.3 Å². The molecule has 0 saturated heterocycles. The molecule has 0 aliphatic heterocycles. The van der Waals surface area contributed by atoms with Gasteiger partial charge >= 0.3 is 0 Å². The van der Waals surface area contributed by atoms with E-state index in [9.17, 15) is 0 Å². The Bertz CT molecular complexity index is 386. The Morgan fingerprint density at radius 2 is 1.87 bits per heavy atom. The molecule has 0 fully saturated rings. The van der Waals surface area contributed by atoms with Gasteiger partial charge in [0.05, 0.1) is 0 Å². The van der Waals surface area contributed by atoms with Gasteiger partial charge in [0.1, 0.15) is 0 Å². The Balaban J connectivity index is 3.13. The molecule has 0 heterocycles. The van der Waals surface area contributed by atoms with Gasteiger partial charge in [-0.25, -0.2) is 0 Å². The number of thiocarbonyl (C=S) groups is 1. The molecule has 0 unspecified atom stereocenters. The van der Waals surface area contributed by atoms with Crippen LogP contribution in [0.3, 0.4) is 0 Å². The van der Waals surface area contributed by atoms with Crippen molar-refractivity contribution in [2.45, 2.75) is 26.2 Å². The van der Waals surface area contributed by atoms with Gasteiger partial charge in [-0.15, -0.1) is 0 Å². The molecule has 15 heavy (non-hydrogen) atoms. The second-order valence-corrected chi connectivity index (χ2v) is 4.93. The Labute approximate surface area is 96.4 Å². The quantitative estimate of drug-likeness (QED) is 0.603. The van der Waals surface area contributed by atoms with Crippen LogP contribution in [0.15, 0.2) is 30.3 Å². The molecule has 1 N–H and O–H groups in total. The lowest BCUT2D eigenvalue weighted by molar-refractivity contribution is 0.574. The van der Waals surface area contributed by atoms with Gasteiger partial charge in [-0.05, 0) is 34.8 Å². The van der Waals surface area contributed by atoms with Crippen LogP contribution in [0.2, 0.25) is 0 Å². The van der Waals surface area contributed by atoms with Gasteiger partial charge in [-0.1, -0.05) is 51.1 Å². The zero-order valence-electron chi connectivity index (χ0n) is 9.32. The van der Waals surface area contributed by atoms with Gasteiger partial charge in [-0.3, -0.25) is 0 Å². The third kappa shape index (κ3) is 3.48. The van der Waals surface area contributed by atoms with Crippen LogP contribution in [0.5, 0.6) is 0 Å². The van der Waals surface area contributed by atoms with Crippen LogP contribution in [-0.2, 0) is 5.41 Å². The summed E-state index contributed by atoms with van der Waals surface area (Å²) in [4.78, 5) is 0. The van der Waals surface area contributed by atoms with Crippen molar-refractivity contribution in [1.29, 1.82) is 0 Å². The lowest BCUT2D eigenvalue weighted by atomic mass is 9.84. The summed E-state index contributed by atoms with van der Waals surface area (Å²) in [6, 6.07) is 8.12. The van der Waals surface area contributed by atoms with Gasteiger partial charge in [0.25, 0.3) is 0 Å². The summed E-state index contributed by atoms with van der Waals surface area (Å²) >= 11 is 4.60. The first kappa shape index (κ1) is 11.9. The molecule has 80 valence electrons. The number of benzene rings is 1. The molecule has 0 aromatic heterocycles. The number of rotatable bonds is 2. The molecule has 1 nitrogen and oxygen atoms in total. The number of hydrogen-bond donors (Lipinski definition) is 1. The first-order valence-electron chi connectivity index (χ1n) is 4.92. The zero-order chi connectivity index (χ0) is 11.5. The Morgan fingerprint density at radius 1 is 1.27 bits per heavy atom. The molecule has 1 aromatic carbocycles. The fourth-order valence-electron chi connectivity index (χ4n) is 1.49. The van der Waals surface area contributed by atoms with Crippen molar-refractivity contribution in [2.75, 3.05) is 0 Å². The minimum absolute atomic E-state index is 0.0845. The smallest absolute Gasteiger partial charge is 0.181 e. The molecule has 2 heteroatoms. The highest BCUT2D eigenvalue weighted by Gasteiger charge is 2.15. The summed E-state index contributed by atoms with van der Waals surface area (Å²) in [6.07, 6.45) is 3.39. The minimum atomic E-state index is -0.0845.